The smallest absolute Gasteiger partial charge is 0.332 e. The molecule has 7 nitrogen and oxygen atoms in total. The molecule has 1 saturated carbocycles. The Hall–Kier alpha value is -1.34. The van der Waals surface area contributed by atoms with Gasteiger partial charge >= 0.3 is 12.0 Å². The van der Waals surface area contributed by atoms with Crippen LogP contribution < -0.4 is 5.32 Å². The number of carboxylic acids is 1. The summed E-state index contributed by atoms with van der Waals surface area (Å²) in [5.41, 5.74) is -1.30. The van der Waals surface area contributed by atoms with Gasteiger partial charge in [-0.25, -0.2) is 9.59 Å². The van der Waals surface area contributed by atoms with Crippen LogP contribution in [0.2, 0.25) is 0 Å². The van der Waals surface area contributed by atoms with Gasteiger partial charge in [0.15, 0.2) is 5.54 Å². The zero-order chi connectivity index (χ0) is 14.0. The second kappa shape index (κ2) is 5.34. The maximum absolute atomic E-state index is 12.0. The van der Waals surface area contributed by atoms with Crippen LogP contribution in [0.4, 0.5) is 4.79 Å². The summed E-state index contributed by atoms with van der Waals surface area (Å²) in [6.45, 7) is 0.870. The first-order valence-electron chi connectivity index (χ1n) is 6.45. The highest BCUT2D eigenvalue weighted by atomic mass is 16.5. The van der Waals surface area contributed by atoms with Crippen LogP contribution in [-0.4, -0.2) is 65.6 Å². The minimum Gasteiger partial charge on any atom is -0.479 e. The largest absolute Gasteiger partial charge is 0.479 e. The Morgan fingerprint density at radius 1 is 1.47 bits per heavy atom. The molecule has 0 aromatic carbocycles. The van der Waals surface area contributed by atoms with E-state index in [-0.39, 0.29) is 19.1 Å². The average Bonchev–Trinajstić information content (AvgIpc) is 2.76. The van der Waals surface area contributed by atoms with Crippen molar-refractivity contribution >= 4 is 12.0 Å². The summed E-state index contributed by atoms with van der Waals surface area (Å²) in [6.07, 6.45) is 1.43. The molecule has 0 aromatic heterocycles. The van der Waals surface area contributed by atoms with Crippen molar-refractivity contribution in [1.29, 1.82) is 0 Å². The highest BCUT2D eigenvalue weighted by Crippen LogP contribution is 2.27. The van der Waals surface area contributed by atoms with Gasteiger partial charge in [-0.1, -0.05) is 0 Å². The Bertz CT molecular complexity index is 361. The Kier molecular flexibility index (Phi) is 3.96. The van der Waals surface area contributed by atoms with Gasteiger partial charge < -0.3 is 25.2 Å². The van der Waals surface area contributed by atoms with Crippen LogP contribution in [0.1, 0.15) is 19.3 Å². The topological polar surface area (TPSA) is 99.1 Å². The molecule has 7 heteroatoms. The first kappa shape index (κ1) is 14.1. The standard InChI is InChI=1S/C12H20N2O5/c1-14(6-8-4-9(15)5-8)11(18)13-12(10(16)17)2-3-19-7-12/h8-9,15H,2-7H2,1H3,(H,13,18)(H,16,17). The fraction of sp³-hybridized carbons (Fsp3) is 0.833. The minimum atomic E-state index is -1.30. The third-order valence-corrected chi connectivity index (χ3v) is 3.87. The van der Waals surface area contributed by atoms with Crippen molar-refractivity contribution < 1.29 is 24.5 Å². The highest BCUT2D eigenvalue weighted by Gasteiger charge is 2.44. The highest BCUT2D eigenvalue weighted by molar-refractivity contribution is 5.86. The fourth-order valence-corrected chi connectivity index (χ4v) is 2.51. The van der Waals surface area contributed by atoms with E-state index in [2.05, 4.69) is 5.32 Å². The zero-order valence-electron chi connectivity index (χ0n) is 11.0. The normalized spacial score (nSPS) is 33.6. The molecule has 1 saturated heterocycles. The van der Waals surface area contributed by atoms with E-state index < -0.39 is 17.5 Å². The molecule has 2 amide bonds. The van der Waals surface area contributed by atoms with Gasteiger partial charge in [0.05, 0.1) is 12.7 Å². The van der Waals surface area contributed by atoms with Crippen molar-refractivity contribution in [3.63, 3.8) is 0 Å². The Morgan fingerprint density at radius 3 is 2.63 bits per heavy atom. The van der Waals surface area contributed by atoms with E-state index in [1.54, 1.807) is 7.05 Å². The zero-order valence-corrected chi connectivity index (χ0v) is 11.0. The molecule has 0 aromatic rings. The van der Waals surface area contributed by atoms with Crippen molar-refractivity contribution in [2.75, 3.05) is 26.8 Å². The molecule has 1 heterocycles. The van der Waals surface area contributed by atoms with Crippen LogP contribution in [0.3, 0.4) is 0 Å². The van der Waals surface area contributed by atoms with Gasteiger partial charge in [-0.05, 0) is 18.8 Å². The molecule has 2 rings (SSSR count). The number of urea groups is 1. The number of aliphatic carboxylic acids is 1. The lowest BCUT2D eigenvalue weighted by atomic mass is 9.82. The van der Waals surface area contributed by atoms with E-state index in [0.717, 1.165) is 0 Å². The summed E-state index contributed by atoms with van der Waals surface area (Å²) in [5.74, 6) is -0.767. The first-order chi connectivity index (χ1) is 8.93. The number of carbonyl (C=O) groups excluding carboxylic acids is 1. The number of rotatable bonds is 4. The molecule has 2 fully saturated rings. The van der Waals surface area contributed by atoms with Crippen LogP contribution in [0.25, 0.3) is 0 Å². The SMILES string of the molecule is CN(CC1CC(O)C1)C(=O)NC1(C(=O)O)CCOC1. The number of nitrogens with zero attached hydrogens (tertiary/aromatic N) is 1. The number of aliphatic hydroxyl groups excluding tert-OH is 1. The summed E-state index contributed by atoms with van der Waals surface area (Å²) < 4.78 is 5.08. The van der Waals surface area contributed by atoms with E-state index in [9.17, 15) is 19.8 Å². The van der Waals surface area contributed by atoms with E-state index in [1.165, 1.54) is 4.90 Å². The number of amides is 2. The monoisotopic (exact) mass is 272 g/mol. The quantitative estimate of drug-likeness (QED) is 0.649. The number of nitrogens with one attached hydrogen (secondary N) is 1. The van der Waals surface area contributed by atoms with Crippen LogP contribution in [-0.2, 0) is 9.53 Å². The average molecular weight is 272 g/mol. The van der Waals surface area contributed by atoms with Crippen molar-refractivity contribution in [3.8, 4) is 0 Å². The lowest BCUT2D eigenvalue weighted by molar-refractivity contribution is -0.144. The summed E-state index contributed by atoms with van der Waals surface area (Å²) >= 11 is 0. The Morgan fingerprint density at radius 2 is 2.16 bits per heavy atom. The molecule has 3 N–H and O–H groups in total. The van der Waals surface area contributed by atoms with Crippen molar-refractivity contribution in [1.82, 2.24) is 10.2 Å². The second-order valence-electron chi connectivity index (χ2n) is 5.49. The summed E-state index contributed by atoms with van der Waals surface area (Å²) in [5, 5.41) is 21.0. The van der Waals surface area contributed by atoms with Gasteiger partial charge in [-0.2, -0.15) is 0 Å². The number of carbonyl (C=O) groups is 2. The summed E-state index contributed by atoms with van der Waals surface area (Å²) in [7, 11) is 1.63. The molecular formula is C12H20N2O5. The van der Waals surface area contributed by atoms with Gasteiger partial charge in [0, 0.05) is 26.6 Å². The molecule has 2 aliphatic rings. The third-order valence-electron chi connectivity index (χ3n) is 3.87. The Labute approximate surface area is 111 Å². The first-order valence-corrected chi connectivity index (χ1v) is 6.45. The third kappa shape index (κ3) is 2.98. The van der Waals surface area contributed by atoms with Crippen molar-refractivity contribution in [3.05, 3.63) is 0 Å². The van der Waals surface area contributed by atoms with Crippen LogP contribution >= 0.6 is 0 Å². The number of aliphatic hydroxyl groups is 1. The molecular weight excluding hydrogens is 252 g/mol. The molecule has 1 aliphatic heterocycles. The van der Waals surface area contributed by atoms with Crippen molar-refractivity contribution in [2.45, 2.75) is 30.9 Å². The van der Waals surface area contributed by atoms with E-state index in [4.69, 9.17) is 4.74 Å². The maximum atomic E-state index is 12.0. The fourth-order valence-electron chi connectivity index (χ4n) is 2.51. The molecule has 19 heavy (non-hydrogen) atoms. The van der Waals surface area contributed by atoms with E-state index >= 15 is 0 Å². The summed E-state index contributed by atoms with van der Waals surface area (Å²) in [4.78, 5) is 24.7. The molecule has 0 radical (unpaired) electrons. The van der Waals surface area contributed by atoms with Gasteiger partial charge in [0.25, 0.3) is 0 Å². The number of hydrogen-bond acceptors (Lipinski definition) is 4. The van der Waals surface area contributed by atoms with Gasteiger partial charge in [0.1, 0.15) is 0 Å². The number of hydrogen-bond donors (Lipinski definition) is 3. The van der Waals surface area contributed by atoms with E-state index in [1.807, 2.05) is 0 Å². The van der Waals surface area contributed by atoms with Gasteiger partial charge in [-0.15, -0.1) is 0 Å². The van der Waals surface area contributed by atoms with Gasteiger partial charge in [-0.3, -0.25) is 0 Å². The van der Waals surface area contributed by atoms with Crippen LogP contribution in [0, 0.1) is 5.92 Å². The lowest BCUT2D eigenvalue weighted by Gasteiger charge is -2.35. The molecule has 108 valence electrons. The predicted octanol–water partition coefficient (Wildman–Crippen LogP) is -0.358. The molecule has 0 spiro atoms. The van der Waals surface area contributed by atoms with E-state index in [0.29, 0.717) is 31.9 Å². The molecule has 1 aliphatic carbocycles. The molecule has 1 unspecified atom stereocenters. The minimum absolute atomic E-state index is 0.00402. The maximum Gasteiger partial charge on any atom is 0.332 e. The number of carboxylic acid groups (broad SMARTS) is 1. The van der Waals surface area contributed by atoms with Gasteiger partial charge in [0.2, 0.25) is 0 Å². The second-order valence-corrected chi connectivity index (χ2v) is 5.49. The number of ether oxygens (including phenoxy) is 1. The molecule has 1 atom stereocenters. The van der Waals surface area contributed by atoms with Crippen LogP contribution in [0.15, 0.2) is 0 Å². The predicted molar refractivity (Wildman–Crippen MR) is 65.7 cm³/mol. The van der Waals surface area contributed by atoms with Crippen LogP contribution in [0.5, 0.6) is 0 Å². The summed E-state index contributed by atoms with van der Waals surface area (Å²) in [6, 6.07) is -0.408. The van der Waals surface area contributed by atoms with Crippen molar-refractivity contribution in [2.24, 2.45) is 5.92 Å². The Balaban J connectivity index is 1.86. The lowest BCUT2D eigenvalue weighted by Crippen LogP contribution is -2.58. The molecule has 0 bridgehead atoms.